The Morgan fingerprint density at radius 1 is 0.895 bits per heavy atom. The SMILES string of the molecule is CC(O)C(CCO)(c1ccccc1)c1ccccc1. The summed E-state index contributed by atoms with van der Waals surface area (Å²) in [5.41, 5.74) is 1.51. The summed E-state index contributed by atoms with van der Waals surface area (Å²) in [5.74, 6) is 0. The van der Waals surface area contributed by atoms with Gasteiger partial charge in [0, 0.05) is 12.0 Å². The minimum atomic E-state index is -0.579. The minimum absolute atomic E-state index is 0.0364. The smallest absolute Gasteiger partial charge is 0.0650 e. The van der Waals surface area contributed by atoms with Crippen LogP contribution in [0.4, 0.5) is 0 Å². The van der Waals surface area contributed by atoms with Gasteiger partial charge in [-0.25, -0.2) is 0 Å². The van der Waals surface area contributed by atoms with Crippen molar-refractivity contribution in [3.05, 3.63) is 71.8 Å². The van der Waals surface area contributed by atoms with Crippen LogP contribution in [0.25, 0.3) is 0 Å². The maximum atomic E-state index is 10.4. The molecule has 0 aliphatic carbocycles. The molecule has 0 spiro atoms. The Morgan fingerprint density at radius 3 is 1.63 bits per heavy atom. The number of benzene rings is 2. The molecule has 0 aliphatic rings. The van der Waals surface area contributed by atoms with Gasteiger partial charge in [0.1, 0.15) is 0 Å². The van der Waals surface area contributed by atoms with E-state index in [1.54, 1.807) is 6.92 Å². The molecule has 0 heterocycles. The lowest BCUT2D eigenvalue weighted by Crippen LogP contribution is -2.40. The fourth-order valence-electron chi connectivity index (χ4n) is 2.79. The van der Waals surface area contributed by atoms with Crippen molar-refractivity contribution in [1.82, 2.24) is 0 Å². The summed E-state index contributed by atoms with van der Waals surface area (Å²) in [7, 11) is 0. The predicted molar refractivity (Wildman–Crippen MR) is 77.0 cm³/mol. The molecule has 0 bridgehead atoms. The van der Waals surface area contributed by atoms with Gasteiger partial charge in [-0.15, -0.1) is 0 Å². The number of aliphatic hydroxyl groups excluding tert-OH is 2. The largest absolute Gasteiger partial charge is 0.396 e. The third-order valence-electron chi connectivity index (χ3n) is 3.80. The van der Waals surface area contributed by atoms with Crippen LogP contribution in [0.2, 0.25) is 0 Å². The van der Waals surface area contributed by atoms with E-state index in [9.17, 15) is 10.2 Å². The molecule has 2 nitrogen and oxygen atoms in total. The van der Waals surface area contributed by atoms with Gasteiger partial charge in [-0.3, -0.25) is 0 Å². The summed E-state index contributed by atoms with van der Waals surface area (Å²) in [5, 5.41) is 19.9. The van der Waals surface area contributed by atoms with Crippen LogP contribution in [0.5, 0.6) is 0 Å². The van der Waals surface area contributed by atoms with Gasteiger partial charge in [0.2, 0.25) is 0 Å². The highest BCUT2D eigenvalue weighted by Crippen LogP contribution is 2.38. The molecule has 0 aromatic heterocycles. The minimum Gasteiger partial charge on any atom is -0.396 e. The maximum absolute atomic E-state index is 10.4. The van der Waals surface area contributed by atoms with Gasteiger partial charge < -0.3 is 10.2 Å². The highest BCUT2D eigenvalue weighted by Gasteiger charge is 2.38. The molecule has 0 aliphatic heterocycles. The zero-order valence-electron chi connectivity index (χ0n) is 11.2. The Morgan fingerprint density at radius 2 is 1.32 bits per heavy atom. The van der Waals surface area contributed by atoms with Crippen molar-refractivity contribution < 1.29 is 10.2 Å². The molecule has 0 saturated carbocycles. The van der Waals surface area contributed by atoms with Gasteiger partial charge >= 0.3 is 0 Å². The van der Waals surface area contributed by atoms with Crippen LogP contribution in [0.1, 0.15) is 24.5 Å². The predicted octanol–water partition coefficient (Wildman–Crippen LogP) is 2.74. The monoisotopic (exact) mass is 256 g/mol. The van der Waals surface area contributed by atoms with E-state index >= 15 is 0 Å². The molecule has 2 N–H and O–H groups in total. The highest BCUT2D eigenvalue weighted by atomic mass is 16.3. The van der Waals surface area contributed by atoms with Crippen molar-refractivity contribution >= 4 is 0 Å². The van der Waals surface area contributed by atoms with Gasteiger partial charge in [0.05, 0.1) is 6.10 Å². The average Bonchev–Trinajstić information content (AvgIpc) is 2.46. The van der Waals surface area contributed by atoms with Gasteiger partial charge in [0.25, 0.3) is 0 Å². The molecular weight excluding hydrogens is 236 g/mol. The topological polar surface area (TPSA) is 40.5 Å². The van der Waals surface area contributed by atoms with E-state index in [1.807, 2.05) is 60.7 Å². The molecule has 0 radical (unpaired) electrons. The average molecular weight is 256 g/mol. The van der Waals surface area contributed by atoms with Crippen molar-refractivity contribution in [2.75, 3.05) is 6.61 Å². The van der Waals surface area contributed by atoms with Crippen molar-refractivity contribution in [1.29, 1.82) is 0 Å². The first-order valence-electron chi connectivity index (χ1n) is 6.62. The quantitative estimate of drug-likeness (QED) is 0.863. The molecule has 0 amide bonds. The lowest BCUT2D eigenvalue weighted by molar-refractivity contribution is 0.0983. The molecule has 2 heteroatoms. The fraction of sp³-hybridized carbons (Fsp3) is 0.294. The molecule has 1 atom stereocenters. The normalized spacial score (nSPS) is 13.2. The van der Waals surface area contributed by atoms with E-state index in [0.29, 0.717) is 6.42 Å². The van der Waals surface area contributed by atoms with Crippen molar-refractivity contribution in [3.63, 3.8) is 0 Å². The Balaban J connectivity index is 2.61. The lowest BCUT2D eigenvalue weighted by Gasteiger charge is -2.37. The zero-order valence-corrected chi connectivity index (χ0v) is 11.2. The van der Waals surface area contributed by atoms with Crippen LogP contribution in [0, 0.1) is 0 Å². The molecule has 19 heavy (non-hydrogen) atoms. The van der Waals surface area contributed by atoms with Crippen LogP contribution in [0.15, 0.2) is 60.7 Å². The first-order valence-corrected chi connectivity index (χ1v) is 6.62. The van der Waals surface area contributed by atoms with Gasteiger partial charge in [-0.05, 0) is 24.5 Å². The summed E-state index contributed by atoms with van der Waals surface area (Å²) in [6.45, 7) is 1.82. The molecule has 2 aromatic carbocycles. The van der Waals surface area contributed by atoms with Gasteiger partial charge in [-0.1, -0.05) is 60.7 Å². The molecular formula is C17H20O2. The van der Waals surface area contributed by atoms with E-state index in [0.717, 1.165) is 11.1 Å². The van der Waals surface area contributed by atoms with Crippen LogP contribution in [-0.4, -0.2) is 22.9 Å². The second-order valence-corrected chi connectivity index (χ2v) is 4.85. The van der Waals surface area contributed by atoms with E-state index in [1.165, 1.54) is 0 Å². The molecule has 0 saturated heterocycles. The van der Waals surface area contributed by atoms with E-state index < -0.39 is 11.5 Å². The Bertz CT molecular complexity index is 452. The third kappa shape index (κ3) is 2.55. The second-order valence-electron chi connectivity index (χ2n) is 4.85. The molecule has 2 rings (SSSR count). The summed E-state index contributed by atoms with van der Waals surface area (Å²) in [4.78, 5) is 0. The number of hydrogen-bond acceptors (Lipinski definition) is 2. The van der Waals surface area contributed by atoms with Crippen LogP contribution >= 0.6 is 0 Å². The number of aliphatic hydroxyl groups is 2. The molecule has 0 fully saturated rings. The Hall–Kier alpha value is -1.64. The van der Waals surface area contributed by atoms with Crippen LogP contribution < -0.4 is 0 Å². The molecule has 100 valence electrons. The van der Waals surface area contributed by atoms with E-state index in [-0.39, 0.29) is 6.61 Å². The standard InChI is InChI=1S/C17H20O2/c1-14(19)17(12-13-18,15-8-4-2-5-9-15)16-10-6-3-7-11-16/h2-11,14,18-19H,12-13H2,1H3. The fourth-order valence-corrected chi connectivity index (χ4v) is 2.79. The number of hydrogen-bond donors (Lipinski definition) is 2. The lowest BCUT2D eigenvalue weighted by atomic mass is 9.68. The van der Waals surface area contributed by atoms with Crippen LogP contribution in [-0.2, 0) is 5.41 Å². The second kappa shape index (κ2) is 6.00. The summed E-state index contributed by atoms with van der Waals surface area (Å²) < 4.78 is 0. The Kier molecular flexibility index (Phi) is 4.35. The number of rotatable bonds is 5. The summed E-state index contributed by atoms with van der Waals surface area (Å²) in [6, 6.07) is 19.8. The first kappa shape index (κ1) is 13.8. The molecule has 1 unspecified atom stereocenters. The zero-order chi connectivity index (χ0) is 13.7. The van der Waals surface area contributed by atoms with Crippen molar-refractivity contribution in [2.45, 2.75) is 24.9 Å². The maximum Gasteiger partial charge on any atom is 0.0650 e. The van der Waals surface area contributed by atoms with Crippen molar-refractivity contribution in [3.8, 4) is 0 Å². The van der Waals surface area contributed by atoms with Crippen LogP contribution in [0.3, 0.4) is 0 Å². The highest BCUT2D eigenvalue weighted by molar-refractivity contribution is 5.40. The molecule has 2 aromatic rings. The van der Waals surface area contributed by atoms with Gasteiger partial charge in [0.15, 0.2) is 0 Å². The van der Waals surface area contributed by atoms with E-state index in [4.69, 9.17) is 0 Å². The Labute approximate surface area is 114 Å². The van der Waals surface area contributed by atoms with Crippen molar-refractivity contribution in [2.24, 2.45) is 0 Å². The first-order chi connectivity index (χ1) is 9.21. The summed E-state index contributed by atoms with van der Waals surface area (Å²) >= 11 is 0. The van der Waals surface area contributed by atoms with E-state index in [2.05, 4.69) is 0 Å². The third-order valence-corrected chi connectivity index (χ3v) is 3.80. The van der Waals surface area contributed by atoms with Gasteiger partial charge in [-0.2, -0.15) is 0 Å². The summed E-state index contributed by atoms with van der Waals surface area (Å²) in [6.07, 6.45) is -0.0805.